The lowest BCUT2D eigenvalue weighted by atomic mass is 9.98. The highest BCUT2D eigenvalue weighted by atomic mass is 16.3. The van der Waals surface area contributed by atoms with Gasteiger partial charge in [-0.1, -0.05) is 0 Å². The van der Waals surface area contributed by atoms with Crippen LogP contribution in [0.2, 0.25) is 0 Å². The average molecular weight is 142 g/mol. The molecule has 1 heterocycles. The highest BCUT2D eigenvalue weighted by molar-refractivity contribution is 5.02. The topological polar surface area (TPSA) is 31.9 Å². The molecule has 1 atom stereocenters. The Morgan fingerprint density at radius 1 is 1.30 bits per heavy atom. The fourth-order valence-electron chi connectivity index (χ4n) is 1.72. The summed E-state index contributed by atoms with van der Waals surface area (Å²) in [5.41, 5.74) is -0.181. The zero-order chi connectivity index (χ0) is 7.99. The number of hydrogen-bond donors (Lipinski definition) is 1. The molecule has 0 aliphatic carbocycles. The van der Waals surface area contributed by atoms with Gasteiger partial charge in [-0.15, -0.1) is 0 Å². The largest absolute Gasteiger partial charge is 0.304 e. The van der Waals surface area contributed by atoms with E-state index in [1.54, 1.807) is 0 Å². The van der Waals surface area contributed by atoms with Crippen LogP contribution in [0.5, 0.6) is 0 Å². The van der Waals surface area contributed by atoms with Crippen molar-refractivity contribution in [2.45, 2.75) is 51.3 Å². The molecule has 0 spiro atoms. The summed E-state index contributed by atoms with van der Waals surface area (Å²) in [5.74, 6) is 0. The van der Waals surface area contributed by atoms with Crippen LogP contribution in [0, 0.1) is 0 Å². The molecule has 1 unspecified atom stereocenters. The Hall–Kier alpha value is -0.0800. The quantitative estimate of drug-likeness (QED) is 0.543. The van der Waals surface area contributed by atoms with E-state index < -0.39 is 6.10 Å². The second kappa shape index (κ2) is 1.95. The summed E-state index contributed by atoms with van der Waals surface area (Å²) in [6, 6.07) is 0. The molecule has 0 amide bonds. The maximum absolute atomic E-state index is 11.3. The summed E-state index contributed by atoms with van der Waals surface area (Å²) in [5, 5.41) is 14.6. The first kappa shape index (κ1) is 8.02. The first-order valence-corrected chi connectivity index (χ1v) is 3.79. The van der Waals surface area contributed by atoms with Crippen LogP contribution in [0.1, 0.15) is 34.1 Å². The van der Waals surface area contributed by atoms with Crippen LogP contribution >= 0.6 is 0 Å². The number of nitrogens with one attached hydrogen (secondary N) is 1. The third-order valence-electron chi connectivity index (χ3n) is 2.16. The first-order valence-electron chi connectivity index (χ1n) is 3.79. The summed E-state index contributed by atoms with van der Waals surface area (Å²) in [7, 11) is 0. The number of hydrogen-bond acceptors (Lipinski definition) is 1. The van der Waals surface area contributed by atoms with E-state index in [2.05, 4.69) is 19.2 Å². The zero-order valence-electron chi connectivity index (χ0n) is 7.19. The Morgan fingerprint density at radius 2 is 1.80 bits per heavy atom. The molecule has 0 aromatic rings. The summed E-state index contributed by atoms with van der Waals surface area (Å²) >= 11 is 0. The summed E-state index contributed by atoms with van der Waals surface area (Å²) in [6.45, 7) is 8.10. The summed E-state index contributed by atoms with van der Waals surface area (Å²) < 4.78 is 0. The van der Waals surface area contributed by atoms with Gasteiger partial charge in [0.1, 0.15) is 6.10 Å². The van der Waals surface area contributed by atoms with Crippen molar-refractivity contribution in [3.05, 3.63) is 0 Å². The number of rotatable bonds is 0. The highest BCUT2D eigenvalue weighted by Gasteiger charge is 2.43. The maximum Gasteiger partial charge on any atom is 0.112 e. The van der Waals surface area contributed by atoms with Gasteiger partial charge in [0, 0.05) is 11.1 Å². The van der Waals surface area contributed by atoms with E-state index >= 15 is 0 Å². The van der Waals surface area contributed by atoms with Crippen LogP contribution < -0.4 is 5.32 Å². The normalized spacial score (nSPS) is 36.3. The fraction of sp³-hybridized carbons (Fsp3) is 1.00. The Labute approximate surface area is 62.6 Å². The Balaban J connectivity index is 2.71. The van der Waals surface area contributed by atoms with Gasteiger partial charge >= 0.3 is 0 Å². The van der Waals surface area contributed by atoms with Gasteiger partial charge in [-0.05, 0) is 34.1 Å². The molecule has 0 bridgehead atoms. The molecule has 1 aliphatic rings. The molecule has 2 nitrogen and oxygen atoms in total. The van der Waals surface area contributed by atoms with E-state index in [9.17, 15) is 5.11 Å². The van der Waals surface area contributed by atoms with Crippen molar-refractivity contribution in [3.8, 4) is 0 Å². The van der Waals surface area contributed by atoms with Crippen molar-refractivity contribution in [2.24, 2.45) is 0 Å². The molecule has 1 rings (SSSR count). The minimum absolute atomic E-state index is 0.0376. The van der Waals surface area contributed by atoms with Gasteiger partial charge in [0.25, 0.3) is 0 Å². The molecule has 2 heteroatoms. The van der Waals surface area contributed by atoms with E-state index in [1.165, 1.54) is 0 Å². The molecule has 1 radical (unpaired) electrons. The lowest BCUT2D eigenvalue weighted by molar-refractivity contribution is 0.0459. The van der Waals surface area contributed by atoms with Crippen LogP contribution in [-0.2, 0) is 5.11 Å². The second-order valence-electron chi connectivity index (χ2n) is 4.42. The lowest BCUT2D eigenvalue weighted by Gasteiger charge is -2.24. The summed E-state index contributed by atoms with van der Waals surface area (Å²) in [6.07, 6.45) is 0.280. The SMILES string of the molecule is CC1(C)CC([O])C(C)(C)N1. The Bertz CT molecular complexity index is 140. The van der Waals surface area contributed by atoms with Gasteiger partial charge in [-0.25, -0.2) is 5.11 Å². The third kappa shape index (κ3) is 1.32. The highest BCUT2D eigenvalue weighted by Crippen LogP contribution is 2.30. The van der Waals surface area contributed by atoms with Crippen LogP contribution in [0.15, 0.2) is 0 Å². The van der Waals surface area contributed by atoms with Crippen LogP contribution in [0.4, 0.5) is 0 Å². The molecule has 1 fully saturated rings. The van der Waals surface area contributed by atoms with Crippen molar-refractivity contribution >= 4 is 0 Å². The zero-order valence-corrected chi connectivity index (χ0v) is 7.19. The molecule has 0 aromatic heterocycles. The van der Waals surface area contributed by atoms with E-state index in [0.29, 0.717) is 0 Å². The standard InChI is InChI=1S/C8H16NO/c1-7(2)5-6(10)8(3,4)9-7/h6,9H,5H2,1-4H3. The van der Waals surface area contributed by atoms with Crippen LogP contribution in [0.25, 0.3) is 0 Å². The average Bonchev–Trinajstić information content (AvgIpc) is 1.73. The van der Waals surface area contributed by atoms with Gasteiger partial charge in [0.2, 0.25) is 0 Å². The predicted octanol–water partition coefficient (Wildman–Crippen LogP) is 1.34. The van der Waals surface area contributed by atoms with E-state index in [0.717, 1.165) is 6.42 Å². The van der Waals surface area contributed by atoms with Gasteiger partial charge in [0.05, 0.1) is 0 Å². The molecule has 10 heavy (non-hydrogen) atoms. The van der Waals surface area contributed by atoms with Gasteiger partial charge < -0.3 is 5.32 Å². The van der Waals surface area contributed by atoms with E-state index in [1.807, 2.05) is 13.8 Å². The van der Waals surface area contributed by atoms with E-state index in [4.69, 9.17) is 0 Å². The van der Waals surface area contributed by atoms with Crippen molar-refractivity contribution < 1.29 is 5.11 Å². The van der Waals surface area contributed by atoms with Crippen molar-refractivity contribution in [3.63, 3.8) is 0 Å². The smallest absolute Gasteiger partial charge is 0.112 e. The predicted molar refractivity (Wildman–Crippen MR) is 40.4 cm³/mol. The van der Waals surface area contributed by atoms with Crippen molar-refractivity contribution in [1.29, 1.82) is 0 Å². The maximum atomic E-state index is 11.3. The first-order chi connectivity index (χ1) is 4.33. The van der Waals surface area contributed by atoms with Crippen LogP contribution in [-0.4, -0.2) is 17.2 Å². The monoisotopic (exact) mass is 142 g/mol. The van der Waals surface area contributed by atoms with Gasteiger partial charge in [0.15, 0.2) is 0 Å². The molecule has 1 saturated heterocycles. The minimum atomic E-state index is -0.456. The molecular formula is C8H16NO. The molecule has 0 aromatic carbocycles. The minimum Gasteiger partial charge on any atom is -0.304 e. The van der Waals surface area contributed by atoms with E-state index in [-0.39, 0.29) is 11.1 Å². The van der Waals surface area contributed by atoms with Crippen molar-refractivity contribution in [2.75, 3.05) is 0 Å². The van der Waals surface area contributed by atoms with Gasteiger partial charge in [-0.2, -0.15) is 0 Å². The Morgan fingerprint density at radius 3 is 1.90 bits per heavy atom. The summed E-state index contributed by atoms with van der Waals surface area (Å²) in [4.78, 5) is 0. The molecule has 1 aliphatic heterocycles. The third-order valence-corrected chi connectivity index (χ3v) is 2.16. The Kier molecular flexibility index (Phi) is 1.57. The molecular weight excluding hydrogens is 126 g/mol. The van der Waals surface area contributed by atoms with Gasteiger partial charge in [-0.3, -0.25) is 0 Å². The fourth-order valence-corrected chi connectivity index (χ4v) is 1.72. The second-order valence-corrected chi connectivity index (χ2v) is 4.42. The molecule has 1 N–H and O–H groups in total. The molecule has 59 valence electrons. The van der Waals surface area contributed by atoms with Crippen LogP contribution in [0.3, 0.4) is 0 Å². The lowest BCUT2D eigenvalue weighted by Crippen LogP contribution is -2.46. The van der Waals surface area contributed by atoms with Crippen molar-refractivity contribution in [1.82, 2.24) is 5.32 Å². The molecule has 0 saturated carbocycles.